The SMILES string of the molecule is Cc1ccc(-c2c(C)sc3nc(-c4ccccc4)n(CCC(N)=O)c(=O)c23)cc1. The first kappa shape index (κ1) is 19.1. The van der Waals surface area contributed by atoms with Gasteiger partial charge in [-0.1, -0.05) is 60.2 Å². The number of nitrogens with two attached hydrogens (primary N) is 1. The van der Waals surface area contributed by atoms with Gasteiger partial charge in [-0.25, -0.2) is 4.98 Å². The molecule has 4 aromatic rings. The Morgan fingerprint density at radius 1 is 1.03 bits per heavy atom. The molecule has 0 fully saturated rings. The predicted molar refractivity (Wildman–Crippen MR) is 118 cm³/mol. The molecule has 2 heterocycles. The number of fused-ring (bicyclic) bond motifs is 1. The van der Waals surface area contributed by atoms with E-state index in [4.69, 9.17) is 10.7 Å². The molecule has 2 aromatic carbocycles. The molecule has 146 valence electrons. The normalized spacial score (nSPS) is 11.1. The summed E-state index contributed by atoms with van der Waals surface area (Å²) in [7, 11) is 0. The van der Waals surface area contributed by atoms with Crippen LogP contribution < -0.4 is 11.3 Å². The number of aromatic nitrogens is 2. The highest BCUT2D eigenvalue weighted by atomic mass is 32.1. The van der Waals surface area contributed by atoms with Crippen LogP contribution in [0.5, 0.6) is 0 Å². The maximum Gasteiger partial charge on any atom is 0.263 e. The zero-order valence-corrected chi connectivity index (χ0v) is 17.1. The third-order valence-electron chi connectivity index (χ3n) is 4.94. The number of nitrogens with zero attached hydrogens (tertiary/aromatic N) is 2. The molecule has 1 amide bonds. The Labute approximate surface area is 172 Å². The Hall–Kier alpha value is -3.25. The molecular weight excluding hydrogens is 382 g/mol. The number of carbonyl (C=O) groups excluding carboxylic acids is 1. The molecule has 0 spiro atoms. The van der Waals surface area contributed by atoms with Crippen LogP contribution in [0, 0.1) is 13.8 Å². The van der Waals surface area contributed by atoms with Crippen molar-refractivity contribution >= 4 is 27.5 Å². The van der Waals surface area contributed by atoms with E-state index in [9.17, 15) is 9.59 Å². The first-order valence-corrected chi connectivity index (χ1v) is 10.2. The zero-order valence-electron chi connectivity index (χ0n) is 16.3. The van der Waals surface area contributed by atoms with Crippen LogP contribution in [0.1, 0.15) is 16.9 Å². The summed E-state index contributed by atoms with van der Waals surface area (Å²) in [5, 5.41) is 0.598. The van der Waals surface area contributed by atoms with E-state index in [0.29, 0.717) is 16.0 Å². The smallest absolute Gasteiger partial charge is 0.263 e. The lowest BCUT2D eigenvalue weighted by Gasteiger charge is -2.12. The average Bonchev–Trinajstić information content (AvgIpc) is 3.04. The lowest BCUT2D eigenvalue weighted by molar-refractivity contribution is -0.118. The van der Waals surface area contributed by atoms with Crippen LogP contribution in [0.4, 0.5) is 0 Å². The molecule has 0 unspecified atom stereocenters. The number of hydrogen-bond acceptors (Lipinski definition) is 4. The number of aryl methyl sites for hydroxylation is 2. The third kappa shape index (κ3) is 3.59. The Morgan fingerprint density at radius 3 is 2.38 bits per heavy atom. The van der Waals surface area contributed by atoms with Crippen LogP contribution in [-0.4, -0.2) is 15.5 Å². The number of benzene rings is 2. The first-order valence-electron chi connectivity index (χ1n) is 9.40. The van der Waals surface area contributed by atoms with Crippen LogP contribution in [0.2, 0.25) is 0 Å². The Bertz CT molecular complexity index is 1260. The van der Waals surface area contributed by atoms with Gasteiger partial charge in [0.1, 0.15) is 10.7 Å². The summed E-state index contributed by atoms with van der Waals surface area (Å²) in [5.74, 6) is 0.109. The minimum atomic E-state index is -0.448. The maximum absolute atomic E-state index is 13.6. The summed E-state index contributed by atoms with van der Waals surface area (Å²) in [6.45, 7) is 4.24. The van der Waals surface area contributed by atoms with E-state index < -0.39 is 5.91 Å². The van der Waals surface area contributed by atoms with Gasteiger partial charge in [0, 0.05) is 29.0 Å². The van der Waals surface area contributed by atoms with E-state index in [1.165, 1.54) is 11.3 Å². The second-order valence-electron chi connectivity index (χ2n) is 7.05. The minimum Gasteiger partial charge on any atom is -0.370 e. The largest absolute Gasteiger partial charge is 0.370 e. The number of thiophene rings is 1. The van der Waals surface area contributed by atoms with Crippen molar-refractivity contribution in [3.63, 3.8) is 0 Å². The van der Waals surface area contributed by atoms with Crippen molar-refractivity contribution in [1.82, 2.24) is 9.55 Å². The van der Waals surface area contributed by atoms with Gasteiger partial charge in [-0.2, -0.15) is 0 Å². The quantitative estimate of drug-likeness (QED) is 0.540. The van der Waals surface area contributed by atoms with Crippen molar-refractivity contribution in [2.75, 3.05) is 0 Å². The van der Waals surface area contributed by atoms with Crippen molar-refractivity contribution in [2.24, 2.45) is 5.73 Å². The molecule has 6 heteroatoms. The Kier molecular flexibility index (Phi) is 5.03. The van der Waals surface area contributed by atoms with Crippen LogP contribution in [0.25, 0.3) is 32.7 Å². The topological polar surface area (TPSA) is 78.0 Å². The second-order valence-corrected chi connectivity index (χ2v) is 8.26. The summed E-state index contributed by atoms with van der Waals surface area (Å²) in [4.78, 5) is 31.6. The lowest BCUT2D eigenvalue weighted by atomic mass is 10.0. The average molecular weight is 404 g/mol. The molecule has 0 aliphatic rings. The molecule has 4 rings (SSSR count). The first-order chi connectivity index (χ1) is 14.0. The van der Waals surface area contributed by atoms with E-state index >= 15 is 0 Å². The molecule has 29 heavy (non-hydrogen) atoms. The van der Waals surface area contributed by atoms with Gasteiger partial charge in [-0.05, 0) is 19.4 Å². The third-order valence-corrected chi connectivity index (χ3v) is 5.94. The highest BCUT2D eigenvalue weighted by molar-refractivity contribution is 7.19. The Morgan fingerprint density at radius 2 is 1.72 bits per heavy atom. The maximum atomic E-state index is 13.6. The number of amides is 1. The van der Waals surface area contributed by atoms with Crippen molar-refractivity contribution in [1.29, 1.82) is 0 Å². The molecule has 5 nitrogen and oxygen atoms in total. The summed E-state index contributed by atoms with van der Waals surface area (Å²) >= 11 is 1.52. The molecule has 2 aromatic heterocycles. The van der Waals surface area contributed by atoms with Gasteiger partial charge in [0.2, 0.25) is 5.91 Å². The number of rotatable bonds is 5. The number of hydrogen-bond donors (Lipinski definition) is 1. The van der Waals surface area contributed by atoms with Gasteiger partial charge in [-0.3, -0.25) is 14.2 Å². The fourth-order valence-corrected chi connectivity index (χ4v) is 4.54. The van der Waals surface area contributed by atoms with E-state index in [1.54, 1.807) is 4.57 Å². The van der Waals surface area contributed by atoms with E-state index in [1.807, 2.05) is 68.4 Å². The summed E-state index contributed by atoms with van der Waals surface area (Å²) < 4.78 is 1.58. The van der Waals surface area contributed by atoms with Crippen molar-refractivity contribution in [3.05, 3.63) is 75.4 Å². The van der Waals surface area contributed by atoms with Crippen molar-refractivity contribution in [2.45, 2.75) is 26.8 Å². The molecule has 0 saturated heterocycles. The highest BCUT2D eigenvalue weighted by Gasteiger charge is 2.20. The van der Waals surface area contributed by atoms with Crippen LogP contribution in [0.3, 0.4) is 0 Å². The summed E-state index contributed by atoms with van der Waals surface area (Å²) in [6, 6.07) is 17.7. The van der Waals surface area contributed by atoms with Crippen LogP contribution in [-0.2, 0) is 11.3 Å². The van der Waals surface area contributed by atoms with E-state index in [-0.39, 0.29) is 18.5 Å². The molecule has 0 bridgehead atoms. The molecule has 0 radical (unpaired) electrons. The van der Waals surface area contributed by atoms with E-state index in [0.717, 1.165) is 27.1 Å². The van der Waals surface area contributed by atoms with E-state index in [2.05, 4.69) is 0 Å². The summed E-state index contributed by atoms with van der Waals surface area (Å²) in [5.41, 5.74) is 9.11. The predicted octanol–water partition coefficient (Wildman–Crippen LogP) is 4.28. The fraction of sp³-hybridized carbons (Fsp3) is 0.174. The number of carbonyl (C=O) groups is 1. The molecule has 0 atom stereocenters. The van der Waals surface area contributed by atoms with Gasteiger partial charge >= 0.3 is 0 Å². The molecular formula is C23H21N3O2S. The van der Waals surface area contributed by atoms with Crippen LogP contribution >= 0.6 is 11.3 Å². The van der Waals surface area contributed by atoms with Gasteiger partial charge in [0.15, 0.2) is 0 Å². The highest BCUT2D eigenvalue weighted by Crippen LogP contribution is 2.36. The van der Waals surface area contributed by atoms with Crippen LogP contribution in [0.15, 0.2) is 59.4 Å². The van der Waals surface area contributed by atoms with Gasteiger partial charge in [0.25, 0.3) is 5.56 Å². The fourth-order valence-electron chi connectivity index (χ4n) is 3.50. The molecule has 0 saturated carbocycles. The number of primary amides is 1. The second kappa shape index (κ2) is 7.64. The molecule has 2 N–H and O–H groups in total. The standard InChI is InChI=1S/C23H21N3O2S/c1-14-8-10-16(11-9-14)19-15(2)29-22-20(19)23(28)26(13-12-18(24)27)21(25-22)17-6-4-3-5-7-17/h3-11H,12-13H2,1-2H3,(H2,24,27). The lowest BCUT2D eigenvalue weighted by Crippen LogP contribution is -2.26. The molecule has 0 aliphatic heterocycles. The van der Waals surface area contributed by atoms with Gasteiger partial charge in [0.05, 0.1) is 5.39 Å². The van der Waals surface area contributed by atoms with Crippen molar-refractivity contribution in [3.8, 4) is 22.5 Å². The van der Waals surface area contributed by atoms with Gasteiger partial charge < -0.3 is 5.73 Å². The van der Waals surface area contributed by atoms with Gasteiger partial charge in [-0.15, -0.1) is 11.3 Å². The summed E-state index contributed by atoms with van der Waals surface area (Å²) in [6.07, 6.45) is 0.0793. The molecule has 0 aliphatic carbocycles. The Balaban J connectivity index is 2.01. The minimum absolute atomic E-state index is 0.0793. The zero-order chi connectivity index (χ0) is 20.5. The monoisotopic (exact) mass is 403 g/mol. The van der Waals surface area contributed by atoms with Crippen molar-refractivity contribution < 1.29 is 4.79 Å².